The van der Waals surface area contributed by atoms with Crippen LogP contribution in [0.4, 0.5) is 0 Å². The van der Waals surface area contributed by atoms with E-state index in [1.165, 1.54) is 43.6 Å². The van der Waals surface area contributed by atoms with Gasteiger partial charge in [0.1, 0.15) is 6.54 Å². The van der Waals surface area contributed by atoms with Gasteiger partial charge in [0.15, 0.2) is 0 Å². The zero-order chi connectivity index (χ0) is 20.0. The minimum atomic E-state index is -3.51. The van der Waals surface area contributed by atoms with Crippen LogP contribution in [0.1, 0.15) is 41.3 Å². The first kappa shape index (κ1) is 20.5. The van der Waals surface area contributed by atoms with Crippen LogP contribution in [-0.4, -0.2) is 34.0 Å². The molecule has 1 amide bonds. The number of quaternary nitrogens is 1. The molecule has 0 saturated carbocycles. The molecule has 0 aromatic heterocycles. The second-order valence-corrected chi connectivity index (χ2v) is 8.88. The van der Waals surface area contributed by atoms with Crippen molar-refractivity contribution in [3.63, 3.8) is 0 Å². The maximum atomic E-state index is 12.5. The molecular weight excluding hydrogens is 374 g/mol. The number of carbonyl (C=O) groups excluding carboxylic acids is 1. The third-order valence-electron chi connectivity index (χ3n) is 5.07. The summed E-state index contributed by atoms with van der Waals surface area (Å²) in [6.07, 6.45) is 2.57. The van der Waals surface area contributed by atoms with Gasteiger partial charge in [-0.05, 0) is 29.8 Å². The molecule has 1 heterocycles. The maximum Gasteiger partial charge on any atom is 0.251 e. The molecule has 0 radical (unpaired) electrons. The predicted molar refractivity (Wildman–Crippen MR) is 109 cm³/mol. The van der Waals surface area contributed by atoms with Crippen molar-refractivity contribution in [1.29, 1.82) is 0 Å². The highest BCUT2D eigenvalue weighted by Gasteiger charge is 2.18. The van der Waals surface area contributed by atoms with E-state index in [1.807, 2.05) is 12.1 Å². The van der Waals surface area contributed by atoms with Gasteiger partial charge >= 0.3 is 0 Å². The Labute approximate surface area is 167 Å². The van der Waals surface area contributed by atoms with E-state index in [4.69, 9.17) is 0 Å². The topological polar surface area (TPSA) is 79.7 Å². The third kappa shape index (κ3) is 5.19. The molecule has 1 saturated heterocycles. The Morgan fingerprint density at radius 2 is 1.64 bits per heavy atom. The van der Waals surface area contributed by atoms with Gasteiger partial charge in [-0.1, -0.05) is 31.2 Å². The van der Waals surface area contributed by atoms with Crippen LogP contribution in [0.5, 0.6) is 0 Å². The first-order valence-electron chi connectivity index (χ1n) is 9.78. The third-order valence-corrected chi connectivity index (χ3v) is 6.63. The van der Waals surface area contributed by atoms with Gasteiger partial charge in [-0.3, -0.25) is 4.79 Å². The molecule has 0 atom stereocenters. The Hall–Kier alpha value is -2.22. The molecule has 6 nitrogen and oxygen atoms in total. The van der Waals surface area contributed by atoms with Crippen LogP contribution < -0.4 is 14.9 Å². The molecule has 1 aliphatic heterocycles. The van der Waals surface area contributed by atoms with E-state index in [-0.39, 0.29) is 10.8 Å². The largest absolute Gasteiger partial charge is 0.348 e. The van der Waals surface area contributed by atoms with Gasteiger partial charge in [0.05, 0.1) is 18.0 Å². The molecule has 0 bridgehead atoms. The normalized spacial score (nSPS) is 14.9. The molecule has 150 valence electrons. The number of likely N-dealkylation sites (tertiary alicyclic amines) is 1. The number of carbonyl (C=O) groups is 1. The Bertz CT molecular complexity index is 905. The Morgan fingerprint density at radius 1 is 1.00 bits per heavy atom. The quantitative estimate of drug-likeness (QED) is 0.619. The highest BCUT2D eigenvalue weighted by Crippen LogP contribution is 2.12. The van der Waals surface area contributed by atoms with Gasteiger partial charge in [0, 0.05) is 37.1 Å². The average molecular weight is 403 g/mol. The van der Waals surface area contributed by atoms with Crippen molar-refractivity contribution in [2.75, 3.05) is 19.6 Å². The maximum absolute atomic E-state index is 12.5. The first-order valence-corrected chi connectivity index (χ1v) is 11.3. The molecule has 1 fully saturated rings. The lowest BCUT2D eigenvalue weighted by molar-refractivity contribution is -0.901. The summed E-state index contributed by atoms with van der Waals surface area (Å²) in [6, 6.07) is 14.2. The van der Waals surface area contributed by atoms with Gasteiger partial charge in [0.25, 0.3) is 5.91 Å². The Balaban J connectivity index is 1.63. The fourth-order valence-corrected chi connectivity index (χ4v) is 4.60. The summed E-state index contributed by atoms with van der Waals surface area (Å²) in [5.74, 6) is -0.212. The van der Waals surface area contributed by atoms with Crippen LogP contribution in [-0.2, 0) is 23.1 Å². The van der Waals surface area contributed by atoms with Crippen LogP contribution in [0.2, 0.25) is 0 Å². The summed E-state index contributed by atoms with van der Waals surface area (Å²) in [5, 5.41) is 2.95. The lowest BCUT2D eigenvalue weighted by Crippen LogP contribution is -3.08. The average Bonchev–Trinajstić information content (AvgIpc) is 3.20. The molecule has 0 unspecified atom stereocenters. The summed E-state index contributed by atoms with van der Waals surface area (Å²) in [4.78, 5) is 14.2. The molecule has 7 heteroatoms. The molecular formula is C21H28N3O3S+. The summed E-state index contributed by atoms with van der Waals surface area (Å²) in [6.45, 7) is 5.92. The van der Waals surface area contributed by atoms with Crippen molar-refractivity contribution in [3.8, 4) is 0 Å². The molecule has 0 spiro atoms. The number of hydrogen-bond donors (Lipinski definition) is 3. The van der Waals surface area contributed by atoms with Crippen molar-refractivity contribution in [2.45, 2.75) is 37.8 Å². The molecule has 2 aromatic rings. The SMILES string of the molecule is CCNS(=O)(=O)c1ccc(C(=O)NCc2ccccc2C[NH+]2CCCC2)cc1. The second-order valence-electron chi connectivity index (χ2n) is 7.11. The first-order chi connectivity index (χ1) is 13.5. The number of amides is 1. The van der Waals surface area contributed by atoms with E-state index in [0.717, 1.165) is 12.1 Å². The van der Waals surface area contributed by atoms with E-state index in [2.05, 4.69) is 22.2 Å². The summed E-state index contributed by atoms with van der Waals surface area (Å²) in [5.41, 5.74) is 2.84. The summed E-state index contributed by atoms with van der Waals surface area (Å²) in [7, 11) is -3.51. The van der Waals surface area contributed by atoms with Gasteiger partial charge in [0.2, 0.25) is 10.0 Å². The number of hydrogen-bond acceptors (Lipinski definition) is 3. The van der Waals surface area contributed by atoms with Crippen LogP contribution in [0.3, 0.4) is 0 Å². The van der Waals surface area contributed by atoms with E-state index in [0.29, 0.717) is 18.7 Å². The van der Waals surface area contributed by atoms with Crippen LogP contribution in [0.25, 0.3) is 0 Å². The van der Waals surface area contributed by atoms with Gasteiger partial charge in [-0.25, -0.2) is 13.1 Å². The number of benzene rings is 2. The van der Waals surface area contributed by atoms with Crippen LogP contribution >= 0.6 is 0 Å². The van der Waals surface area contributed by atoms with Gasteiger partial charge in [-0.2, -0.15) is 0 Å². The standard InChI is InChI=1S/C21H27N3O3S/c1-2-23-28(26,27)20-11-9-17(10-12-20)21(25)22-15-18-7-3-4-8-19(18)16-24-13-5-6-14-24/h3-4,7-12,23H,2,5-6,13-16H2,1H3,(H,22,25)/p+1. The second kappa shape index (κ2) is 9.32. The minimum absolute atomic E-state index is 0.157. The van der Waals surface area contributed by atoms with E-state index < -0.39 is 10.0 Å². The van der Waals surface area contributed by atoms with Gasteiger partial charge in [-0.15, -0.1) is 0 Å². The summed E-state index contributed by atoms with van der Waals surface area (Å²) < 4.78 is 26.4. The van der Waals surface area contributed by atoms with Crippen molar-refractivity contribution < 1.29 is 18.1 Å². The van der Waals surface area contributed by atoms with Crippen molar-refractivity contribution in [3.05, 3.63) is 65.2 Å². The Morgan fingerprint density at radius 3 is 2.29 bits per heavy atom. The lowest BCUT2D eigenvalue weighted by atomic mass is 10.1. The zero-order valence-electron chi connectivity index (χ0n) is 16.2. The zero-order valence-corrected chi connectivity index (χ0v) is 17.0. The predicted octanol–water partition coefficient (Wildman–Crippen LogP) is 1.09. The van der Waals surface area contributed by atoms with Crippen molar-refractivity contribution >= 4 is 15.9 Å². The summed E-state index contributed by atoms with van der Waals surface area (Å²) >= 11 is 0. The molecule has 3 rings (SSSR count). The smallest absolute Gasteiger partial charge is 0.251 e. The van der Waals surface area contributed by atoms with Gasteiger partial charge < -0.3 is 10.2 Å². The molecule has 1 aliphatic rings. The lowest BCUT2D eigenvalue weighted by Gasteiger charge is -2.15. The molecule has 3 N–H and O–H groups in total. The number of sulfonamides is 1. The molecule has 28 heavy (non-hydrogen) atoms. The minimum Gasteiger partial charge on any atom is -0.348 e. The van der Waals surface area contributed by atoms with E-state index >= 15 is 0 Å². The highest BCUT2D eigenvalue weighted by molar-refractivity contribution is 7.89. The van der Waals surface area contributed by atoms with E-state index in [1.54, 1.807) is 24.0 Å². The number of rotatable bonds is 8. The monoisotopic (exact) mass is 402 g/mol. The van der Waals surface area contributed by atoms with Crippen molar-refractivity contribution in [2.24, 2.45) is 0 Å². The Kier molecular flexibility index (Phi) is 6.83. The fourth-order valence-electron chi connectivity index (χ4n) is 3.56. The van der Waals surface area contributed by atoms with Crippen LogP contribution in [0, 0.1) is 0 Å². The van der Waals surface area contributed by atoms with Crippen molar-refractivity contribution in [1.82, 2.24) is 10.0 Å². The highest BCUT2D eigenvalue weighted by atomic mass is 32.2. The fraction of sp³-hybridized carbons (Fsp3) is 0.381. The molecule has 2 aromatic carbocycles. The molecule has 0 aliphatic carbocycles. The van der Waals surface area contributed by atoms with Crippen LogP contribution in [0.15, 0.2) is 53.4 Å². The number of nitrogens with one attached hydrogen (secondary N) is 3. The van der Waals surface area contributed by atoms with E-state index in [9.17, 15) is 13.2 Å².